The van der Waals surface area contributed by atoms with Gasteiger partial charge in [-0.05, 0) is 47.7 Å². The van der Waals surface area contributed by atoms with Crippen LogP contribution in [0, 0.1) is 6.92 Å². The van der Waals surface area contributed by atoms with Gasteiger partial charge in [0.25, 0.3) is 0 Å². The summed E-state index contributed by atoms with van der Waals surface area (Å²) < 4.78 is 0. The highest BCUT2D eigenvalue weighted by Gasteiger charge is 2.14. The van der Waals surface area contributed by atoms with Crippen LogP contribution in [0.4, 0.5) is 0 Å². The first-order valence-corrected chi connectivity index (χ1v) is 5.83. The minimum absolute atomic E-state index is 0.123. The van der Waals surface area contributed by atoms with Crippen molar-refractivity contribution in [3.8, 4) is 0 Å². The summed E-state index contributed by atoms with van der Waals surface area (Å²) in [5.41, 5.74) is 10.9. The van der Waals surface area contributed by atoms with Gasteiger partial charge in [-0.3, -0.25) is 9.97 Å². The van der Waals surface area contributed by atoms with Gasteiger partial charge in [0.1, 0.15) is 0 Å². The van der Waals surface area contributed by atoms with E-state index >= 15 is 0 Å². The lowest BCUT2D eigenvalue weighted by Crippen LogP contribution is -2.15. The maximum atomic E-state index is 6.33. The van der Waals surface area contributed by atoms with Gasteiger partial charge in [0.15, 0.2) is 0 Å². The lowest BCUT2D eigenvalue weighted by atomic mass is 9.94. The third-order valence-corrected chi connectivity index (χ3v) is 3.07. The molecule has 0 spiro atoms. The van der Waals surface area contributed by atoms with Crippen molar-refractivity contribution in [1.82, 2.24) is 9.97 Å². The first-order valence-electron chi connectivity index (χ1n) is 5.83. The first-order chi connectivity index (χ1) is 8.24. The van der Waals surface area contributed by atoms with Crippen molar-refractivity contribution in [1.29, 1.82) is 0 Å². The molecular formula is C14H17N3. The zero-order valence-electron chi connectivity index (χ0n) is 10.2. The van der Waals surface area contributed by atoms with E-state index < -0.39 is 0 Å². The van der Waals surface area contributed by atoms with E-state index in [1.165, 1.54) is 11.1 Å². The molecule has 17 heavy (non-hydrogen) atoms. The number of nitrogens with two attached hydrogens (primary N) is 1. The Morgan fingerprint density at radius 3 is 2.53 bits per heavy atom. The summed E-state index contributed by atoms with van der Waals surface area (Å²) in [6.45, 7) is 4.17. The Morgan fingerprint density at radius 2 is 1.82 bits per heavy atom. The monoisotopic (exact) mass is 227 g/mol. The topological polar surface area (TPSA) is 51.8 Å². The van der Waals surface area contributed by atoms with Gasteiger partial charge in [-0.1, -0.05) is 6.92 Å². The molecule has 0 fully saturated rings. The predicted molar refractivity (Wildman–Crippen MR) is 68.6 cm³/mol. The molecule has 0 aromatic carbocycles. The fourth-order valence-electron chi connectivity index (χ4n) is 2.01. The molecule has 0 amide bonds. The normalized spacial score (nSPS) is 12.4. The van der Waals surface area contributed by atoms with Gasteiger partial charge < -0.3 is 5.73 Å². The van der Waals surface area contributed by atoms with Crippen LogP contribution in [0.1, 0.15) is 35.2 Å². The third kappa shape index (κ3) is 2.34. The number of pyridine rings is 2. The van der Waals surface area contributed by atoms with Gasteiger partial charge in [-0.15, -0.1) is 0 Å². The van der Waals surface area contributed by atoms with Crippen LogP contribution in [-0.2, 0) is 6.42 Å². The number of hydrogen-bond donors (Lipinski definition) is 1. The first kappa shape index (κ1) is 11.7. The van der Waals surface area contributed by atoms with E-state index in [0.717, 1.165) is 17.5 Å². The molecule has 0 aliphatic heterocycles. The fraction of sp³-hybridized carbons (Fsp3) is 0.286. The average molecular weight is 227 g/mol. The molecule has 2 rings (SSSR count). The molecule has 2 aromatic rings. The van der Waals surface area contributed by atoms with E-state index in [0.29, 0.717) is 0 Å². The minimum Gasteiger partial charge on any atom is -0.320 e. The van der Waals surface area contributed by atoms with Crippen LogP contribution in [0.3, 0.4) is 0 Å². The Hall–Kier alpha value is -1.74. The lowest BCUT2D eigenvalue weighted by Gasteiger charge is -2.17. The Balaban J connectivity index is 2.44. The molecule has 2 heterocycles. The minimum atomic E-state index is -0.123. The number of aryl methyl sites for hydroxylation is 2. The van der Waals surface area contributed by atoms with Crippen molar-refractivity contribution in [3.05, 3.63) is 59.2 Å². The second-order valence-corrected chi connectivity index (χ2v) is 4.14. The molecule has 0 aliphatic carbocycles. The Kier molecular flexibility index (Phi) is 3.49. The number of aromatic nitrogens is 2. The van der Waals surface area contributed by atoms with Crippen molar-refractivity contribution < 1.29 is 0 Å². The van der Waals surface area contributed by atoms with Gasteiger partial charge in [0.05, 0.1) is 6.04 Å². The van der Waals surface area contributed by atoms with E-state index in [2.05, 4.69) is 23.8 Å². The van der Waals surface area contributed by atoms with Crippen LogP contribution in [0.15, 0.2) is 36.9 Å². The summed E-state index contributed by atoms with van der Waals surface area (Å²) in [4.78, 5) is 8.30. The lowest BCUT2D eigenvalue weighted by molar-refractivity contribution is 0.829. The van der Waals surface area contributed by atoms with Crippen molar-refractivity contribution in [3.63, 3.8) is 0 Å². The van der Waals surface area contributed by atoms with E-state index in [9.17, 15) is 0 Å². The van der Waals surface area contributed by atoms with Crippen LogP contribution in [0.2, 0.25) is 0 Å². The summed E-state index contributed by atoms with van der Waals surface area (Å²) >= 11 is 0. The maximum absolute atomic E-state index is 6.33. The molecular weight excluding hydrogens is 210 g/mol. The SMILES string of the molecule is CCc1cnccc1C(N)c1cnccc1C. The molecule has 3 nitrogen and oxygen atoms in total. The van der Waals surface area contributed by atoms with Crippen molar-refractivity contribution in [2.24, 2.45) is 5.73 Å². The molecule has 0 saturated carbocycles. The fourth-order valence-corrected chi connectivity index (χ4v) is 2.01. The Bertz CT molecular complexity index is 508. The molecule has 2 N–H and O–H groups in total. The number of rotatable bonds is 3. The largest absolute Gasteiger partial charge is 0.320 e. The molecule has 0 aliphatic rings. The summed E-state index contributed by atoms with van der Waals surface area (Å²) in [6.07, 6.45) is 8.26. The van der Waals surface area contributed by atoms with E-state index in [4.69, 9.17) is 5.73 Å². The van der Waals surface area contributed by atoms with Crippen LogP contribution in [-0.4, -0.2) is 9.97 Å². The Labute approximate surface area is 102 Å². The third-order valence-electron chi connectivity index (χ3n) is 3.07. The summed E-state index contributed by atoms with van der Waals surface area (Å²) in [5.74, 6) is 0. The predicted octanol–water partition coefficient (Wildman–Crippen LogP) is 2.40. The van der Waals surface area contributed by atoms with Gasteiger partial charge in [0, 0.05) is 24.8 Å². The molecule has 3 heteroatoms. The van der Waals surface area contributed by atoms with Crippen LogP contribution >= 0.6 is 0 Å². The number of nitrogens with zero attached hydrogens (tertiary/aromatic N) is 2. The quantitative estimate of drug-likeness (QED) is 0.876. The van der Waals surface area contributed by atoms with Crippen molar-refractivity contribution in [2.75, 3.05) is 0 Å². The average Bonchev–Trinajstić information content (AvgIpc) is 2.38. The van der Waals surface area contributed by atoms with Crippen LogP contribution in [0.5, 0.6) is 0 Å². The smallest absolute Gasteiger partial charge is 0.0573 e. The number of hydrogen-bond acceptors (Lipinski definition) is 3. The highest BCUT2D eigenvalue weighted by atomic mass is 14.7. The van der Waals surface area contributed by atoms with Gasteiger partial charge in [-0.2, -0.15) is 0 Å². The molecule has 1 atom stereocenters. The van der Waals surface area contributed by atoms with Gasteiger partial charge >= 0.3 is 0 Å². The zero-order chi connectivity index (χ0) is 12.3. The van der Waals surface area contributed by atoms with E-state index in [-0.39, 0.29) is 6.04 Å². The molecule has 0 radical (unpaired) electrons. The van der Waals surface area contributed by atoms with E-state index in [1.54, 1.807) is 12.4 Å². The summed E-state index contributed by atoms with van der Waals surface area (Å²) in [7, 11) is 0. The highest BCUT2D eigenvalue weighted by Crippen LogP contribution is 2.24. The second kappa shape index (κ2) is 5.06. The summed E-state index contributed by atoms with van der Waals surface area (Å²) in [5, 5.41) is 0. The molecule has 2 aromatic heterocycles. The van der Waals surface area contributed by atoms with Gasteiger partial charge in [0.2, 0.25) is 0 Å². The highest BCUT2D eigenvalue weighted by molar-refractivity contribution is 5.37. The van der Waals surface area contributed by atoms with Crippen molar-refractivity contribution in [2.45, 2.75) is 26.3 Å². The standard InChI is InChI=1S/C14H17N3/c1-3-11-8-16-7-5-12(11)14(15)13-9-17-6-4-10(13)2/h4-9,14H,3,15H2,1-2H3. The zero-order valence-corrected chi connectivity index (χ0v) is 10.2. The molecule has 0 bridgehead atoms. The van der Waals surface area contributed by atoms with E-state index in [1.807, 2.05) is 24.5 Å². The molecule has 0 saturated heterocycles. The summed E-state index contributed by atoms with van der Waals surface area (Å²) in [6, 6.07) is 3.86. The van der Waals surface area contributed by atoms with Gasteiger partial charge in [-0.25, -0.2) is 0 Å². The van der Waals surface area contributed by atoms with Crippen LogP contribution in [0.25, 0.3) is 0 Å². The maximum Gasteiger partial charge on any atom is 0.0573 e. The molecule has 1 unspecified atom stereocenters. The second-order valence-electron chi connectivity index (χ2n) is 4.14. The Morgan fingerprint density at radius 1 is 1.12 bits per heavy atom. The van der Waals surface area contributed by atoms with Crippen molar-refractivity contribution >= 4 is 0 Å². The van der Waals surface area contributed by atoms with Crippen LogP contribution < -0.4 is 5.73 Å². The molecule has 88 valence electrons.